The zero-order valence-electron chi connectivity index (χ0n) is 55.8. The zero-order chi connectivity index (χ0) is 67.1. The van der Waals surface area contributed by atoms with Gasteiger partial charge >= 0.3 is 0 Å². The number of hydrogen-bond donors (Lipinski definition) is 0. The molecule has 0 aliphatic heterocycles. The Hall–Kier alpha value is -11.6. The minimum absolute atomic E-state index is 0.759. The largest absolute Gasteiger partial charge is 0.265 e. The number of aromatic nitrogens is 10. The first-order valence-corrected chi connectivity index (χ1v) is 30.9. The number of hydrogen-bond acceptors (Lipinski definition) is 10. The van der Waals surface area contributed by atoms with E-state index >= 15 is 0 Å². The summed E-state index contributed by atoms with van der Waals surface area (Å²) in [4.78, 5) is 38.1. The highest BCUT2D eigenvalue weighted by atomic mass is 15.0. The second-order valence-corrected chi connectivity index (χ2v) is 21.4. The molecule has 8 aromatic carbocycles. The van der Waals surface area contributed by atoms with Gasteiger partial charge in [0.15, 0.2) is 0 Å². The molecule has 6 aromatic heterocycles. The van der Waals surface area contributed by atoms with E-state index in [1.54, 1.807) is 55.6 Å². The SMILES string of the molecule is Cc1cc(-c2ccccc2)cc(-c2ccccc2)c1.Cc1ccc(-c2ccccc2)cc1.Cc1cccc(-c2ccccc2)c1.Cc1ccccc1.Cc1ccccn1.Cc1cccnc1.Cc1ccncc1.Cc1cncnc1.Cc1ncccn1.Cc1ncncn1. The van der Waals surface area contributed by atoms with Crippen molar-refractivity contribution in [2.24, 2.45) is 0 Å². The molecule has 14 rings (SSSR count). The van der Waals surface area contributed by atoms with Gasteiger partial charge < -0.3 is 0 Å². The van der Waals surface area contributed by atoms with E-state index in [0.29, 0.717) is 0 Å². The quantitative estimate of drug-likeness (QED) is 0.168. The predicted molar refractivity (Wildman–Crippen MR) is 391 cm³/mol. The summed E-state index contributed by atoms with van der Waals surface area (Å²) >= 11 is 0. The molecule has 0 aliphatic carbocycles. The molecule has 0 amide bonds. The molecule has 0 radical (unpaired) electrons. The van der Waals surface area contributed by atoms with Crippen molar-refractivity contribution < 1.29 is 0 Å². The topological polar surface area (TPSA) is 129 Å². The Morgan fingerprint density at radius 2 is 0.574 bits per heavy atom. The van der Waals surface area contributed by atoms with Gasteiger partial charge in [0, 0.05) is 61.5 Å². The summed E-state index contributed by atoms with van der Waals surface area (Å²) in [5.41, 5.74) is 20.1. The first-order chi connectivity index (χ1) is 45.8. The van der Waals surface area contributed by atoms with Crippen molar-refractivity contribution in [3.05, 3.63) is 398 Å². The van der Waals surface area contributed by atoms with E-state index in [9.17, 15) is 0 Å². The van der Waals surface area contributed by atoms with Crippen LogP contribution in [0.1, 0.15) is 56.3 Å². The van der Waals surface area contributed by atoms with Crippen LogP contribution in [0.5, 0.6) is 0 Å². The Labute approximate surface area is 558 Å². The molecule has 472 valence electrons. The molecule has 10 heteroatoms. The second kappa shape index (κ2) is 44.8. The van der Waals surface area contributed by atoms with E-state index < -0.39 is 0 Å². The van der Waals surface area contributed by atoms with Crippen LogP contribution >= 0.6 is 0 Å². The van der Waals surface area contributed by atoms with Gasteiger partial charge in [0.25, 0.3) is 0 Å². The highest BCUT2D eigenvalue weighted by Crippen LogP contribution is 2.28. The lowest BCUT2D eigenvalue weighted by molar-refractivity contribution is 0.974. The minimum atomic E-state index is 0.759. The summed E-state index contributed by atoms with van der Waals surface area (Å²) in [6, 6.07) is 91.6. The van der Waals surface area contributed by atoms with Crippen molar-refractivity contribution in [2.75, 3.05) is 0 Å². The maximum atomic E-state index is 3.98. The molecular weight excluding hydrogens is 1150 g/mol. The minimum Gasteiger partial charge on any atom is -0.265 e. The lowest BCUT2D eigenvalue weighted by Crippen LogP contribution is -1.84. The molecule has 0 N–H and O–H groups in total. The molecule has 14 aromatic rings. The van der Waals surface area contributed by atoms with Crippen LogP contribution in [0.25, 0.3) is 44.5 Å². The van der Waals surface area contributed by atoms with E-state index in [-0.39, 0.29) is 0 Å². The van der Waals surface area contributed by atoms with E-state index in [4.69, 9.17) is 0 Å². The Kier molecular flexibility index (Phi) is 34.8. The molecule has 94 heavy (non-hydrogen) atoms. The van der Waals surface area contributed by atoms with Gasteiger partial charge in [-0.3, -0.25) is 15.0 Å². The molecule has 0 saturated heterocycles. The molecule has 0 aliphatic rings. The number of benzene rings is 8. The standard InChI is InChI=1S/C19H16.2C13H12.C7H8.3C6H7N.2C5H6N2.C4H5N3/c1-15-12-18(16-8-4-2-5-9-16)14-19(13-15)17-10-6-3-7-11-17;1-11-6-5-9-13(10-11)12-7-3-2-4-8-12;1-11-7-9-13(10-8-11)12-5-3-2-4-6-12;1-7-5-3-2-4-6-7;1-6-2-4-7-5-3-6;1-6-3-2-4-7-5-6;1-6-4-2-3-5-7-6;1-5-2-6-4-7-3-5;1-5-6-3-2-4-7-5;1-4-6-2-5-3-7-4/h2-14H,1H3;2*2-10H,1H3;2-6H,1H3;3*2-5H,1H3;2*2-4H,1H3;2-3H,1H3. The van der Waals surface area contributed by atoms with Crippen molar-refractivity contribution in [1.82, 2.24) is 49.8 Å². The predicted octanol–water partition coefficient (Wildman–Crippen LogP) is 20.6. The molecule has 10 nitrogen and oxygen atoms in total. The van der Waals surface area contributed by atoms with Gasteiger partial charge in [0.2, 0.25) is 0 Å². The van der Waals surface area contributed by atoms with Gasteiger partial charge in [-0.2, -0.15) is 0 Å². The summed E-state index contributed by atoms with van der Waals surface area (Å²) in [5, 5.41) is 0. The van der Waals surface area contributed by atoms with Crippen LogP contribution in [0.3, 0.4) is 0 Å². The average molecular weight is 1240 g/mol. The number of aryl methyl sites for hydroxylation is 10. The molecule has 0 saturated carbocycles. The smallest absolute Gasteiger partial charge is 0.128 e. The molecule has 0 atom stereocenters. The maximum Gasteiger partial charge on any atom is 0.128 e. The van der Waals surface area contributed by atoms with Crippen LogP contribution < -0.4 is 0 Å². The maximum absolute atomic E-state index is 3.98. The second-order valence-electron chi connectivity index (χ2n) is 21.4. The molecule has 6 heterocycles. The summed E-state index contributed by atoms with van der Waals surface area (Å²) < 4.78 is 0. The first kappa shape index (κ1) is 73.1. The fourth-order valence-electron chi connectivity index (χ4n) is 8.11. The monoisotopic (exact) mass is 1230 g/mol. The van der Waals surface area contributed by atoms with Crippen molar-refractivity contribution in [3.63, 3.8) is 0 Å². The van der Waals surface area contributed by atoms with Crippen LogP contribution in [0.2, 0.25) is 0 Å². The van der Waals surface area contributed by atoms with Gasteiger partial charge in [-0.25, -0.2) is 34.9 Å². The third-order valence-electron chi connectivity index (χ3n) is 13.0. The van der Waals surface area contributed by atoms with Crippen LogP contribution in [-0.4, -0.2) is 49.8 Å². The number of rotatable bonds is 4. The normalized spacial score (nSPS) is 9.38. The highest BCUT2D eigenvalue weighted by molar-refractivity contribution is 5.74. The zero-order valence-corrected chi connectivity index (χ0v) is 55.8. The van der Waals surface area contributed by atoms with Crippen molar-refractivity contribution in [1.29, 1.82) is 0 Å². The fraction of sp³-hybridized carbons (Fsp3) is 0.119. The Morgan fingerprint density at radius 3 is 0.915 bits per heavy atom. The third kappa shape index (κ3) is 32.7. The van der Waals surface area contributed by atoms with Crippen molar-refractivity contribution >= 4 is 0 Å². The molecule has 0 fully saturated rings. The van der Waals surface area contributed by atoms with E-state index in [0.717, 1.165) is 22.9 Å². The lowest BCUT2D eigenvalue weighted by Gasteiger charge is -2.08. The Bertz CT molecular complexity index is 3680. The van der Waals surface area contributed by atoms with Crippen LogP contribution in [0.15, 0.2) is 342 Å². The third-order valence-corrected chi connectivity index (χ3v) is 13.0. The average Bonchev–Trinajstić information content (AvgIpc) is 1.15. The van der Waals surface area contributed by atoms with Crippen molar-refractivity contribution in [3.8, 4) is 44.5 Å². The molecule has 0 spiro atoms. The Balaban J connectivity index is 0.000000194. The van der Waals surface area contributed by atoms with Gasteiger partial charge in [-0.1, -0.05) is 241 Å². The summed E-state index contributed by atoms with van der Waals surface area (Å²) in [6.07, 6.45) is 20.4. The molecule has 0 unspecified atom stereocenters. The molecular formula is C84H86N10. The van der Waals surface area contributed by atoms with Crippen molar-refractivity contribution in [2.45, 2.75) is 69.2 Å². The first-order valence-electron chi connectivity index (χ1n) is 30.9. The van der Waals surface area contributed by atoms with Gasteiger partial charge in [-0.05, 0) is 178 Å². The van der Waals surface area contributed by atoms with E-state index in [2.05, 4.69) is 266 Å². The Morgan fingerprint density at radius 1 is 0.181 bits per heavy atom. The summed E-state index contributed by atoms with van der Waals surface area (Å²) in [7, 11) is 0. The summed E-state index contributed by atoms with van der Waals surface area (Å²) in [6.45, 7) is 20.1. The van der Waals surface area contributed by atoms with E-state index in [1.807, 2.05) is 121 Å². The van der Waals surface area contributed by atoms with E-state index in [1.165, 1.54) is 96.9 Å². The van der Waals surface area contributed by atoms with Gasteiger partial charge in [0.05, 0.1) is 0 Å². The van der Waals surface area contributed by atoms with Gasteiger partial charge in [-0.15, -0.1) is 0 Å². The number of nitrogens with zero attached hydrogens (tertiary/aromatic N) is 10. The van der Waals surface area contributed by atoms with Gasteiger partial charge in [0.1, 0.15) is 30.6 Å². The van der Waals surface area contributed by atoms with Crippen LogP contribution in [-0.2, 0) is 0 Å². The number of pyridine rings is 3. The van der Waals surface area contributed by atoms with Crippen LogP contribution in [0, 0.1) is 69.2 Å². The summed E-state index contributed by atoms with van der Waals surface area (Å²) in [5.74, 6) is 1.58. The lowest BCUT2D eigenvalue weighted by atomic mass is 9.97. The highest BCUT2D eigenvalue weighted by Gasteiger charge is 2.03. The van der Waals surface area contributed by atoms with Crippen LogP contribution in [0.4, 0.5) is 0 Å². The fourth-order valence-corrected chi connectivity index (χ4v) is 8.11. The molecule has 0 bridgehead atoms.